The van der Waals surface area contributed by atoms with Crippen LogP contribution < -0.4 is 10.1 Å². The third-order valence-corrected chi connectivity index (χ3v) is 4.40. The minimum Gasteiger partial charge on any atom is -0.488 e. The van der Waals surface area contributed by atoms with Gasteiger partial charge in [0, 0.05) is 6.20 Å². The maximum Gasteiger partial charge on any atom is 0.185 e. The van der Waals surface area contributed by atoms with E-state index in [9.17, 15) is 0 Å². The summed E-state index contributed by atoms with van der Waals surface area (Å²) in [7, 11) is 0. The summed E-state index contributed by atoms with van der Waals surface area (Å²) in [4.78, 5) is 4.11. The molecule has 0 aliphatic rings. The van der Waals surface area contributed by atoms with Crippen LogP contribution in [0.2, 0.25) is 0 Å². The highest BCUT2D eigenvalue weighted by atomic mass is 16.5. The number of fused-ring (bicyclic) bond motifs is 1. The van der Waals surface area contributed by atoms with E-state index in [1.165, 1.54) is 16.7 Å². The first-order chi connectivity index (χ1) is 12.7. The van der Waals surface area contributed by atoms with Gasteiger partial charge in [0.1, 0.15) is 17.7 Å². The van der Waals surface area contributed by atoms with Crippen molar-refractivity contribution >= 4 is 22.5 Å². The fraction of sp³-hybridized carbons (Fsp3) is 0.143. The van der Waals surface area contributed by atoms with Crippen molar-refractivity contribution in [1.82, 2.24) is 10.1 Å². The Hall–Kier alpha value is -3.34. The van der Waals surface area contributed by atoms with E-state index >= 15 is 0 Å². The lowest BCUT2D eigenvalue weighted by Gasteiger charge is -2.12. The highest BCUT2D eigenvalue weighted by Gasteiger charge is 2.15. The molecular weight excluding hydrogens is 326 g/mol. The molecular formula is C21H19N3O2. The highest BCUT2D eigenvalue weighted by molar-refractivity contribution is 5.95. The Labute approximate surface area is 151 Å². The van der Waals surface area contributed by atoms with Crippen molar-refractivity contribution in [1.29, 1.82) is 0 Å². The zero-order chi connectivity index (χ0) is 17.9. The van der Waals surface area contributed by atoms with E-state index in [-0.39, 0.29) is 0 Å². The highest BCUT2D eigenvalue weighted by Crippen LogP contribution is 2.34. The molecule has 1 N–H and O–H groups in total. The van der Waals surface area contributed by atoms with E-state index in [1.807, 2.05) is 30.3 Å². The van der Waals surface area contributed by atoms with E-state index in [0.29, 0.717) is 18.0 Å². The van der Waals surface area contributed by atoms with E-state index in [0.717, 1.165) is 16.8 Å². The van der Waals surface area contributed by atoms with Crippen molar-refractivity contribution in [2.45, 2.75) is 20.5 Å². The summed E-state index contributed by atoms with van der Waals surface area (Å²) in [6.45, 7) is 4.69. The van der Waals surface area contributed by atoms with E-state index in [2.05, 4.69) is 47.5 Å². The zero-order valence-electron chi connectivity index (χ0n) is 14.7. The zero-order valence-corrected chi connectivity index (χ0v) is 14.7. The van der Waals surface area contributed by atoms with Gasteiger partial charge in [-0.25, -0.2) is 0 Å². The lowest BCUT2D eigenvalue weighted by atomic mass is 10.0. The fourth-order valence-corrected chi connectivity index (χ4v) is 2.97. The Morgan fingerprint density at radius 2 is 1.81 bits per heavy atom. The van der Waals surface area contributed by atoms with Crippen LogP contribution in [0.5, 0.6) is 5.75 Å². The van der Waals surface area contributed by atoms with Crippen molar-refractivity contribution in [3.05, 3.63) is 77.6 Å². The van der Waals surface area contributed by atoms with Crippen molar-refractivity contribution < 1.29 is 9.26 Å². The van der Waals surface area contributed by atoms with Crippen LogP contribution in [-0.4, -0.2) is 10.1 Å². The molecule has 0 bridgehead atoms. The molecule has 4 rings (SSSR count). The Bertz CT molecular complexity index is 1020. The maximum atomic E-state index is 6.15. The van der Waals surface area contributed by atoms with Gasteiger partial charge in [0.25, 0.3) is 0 Å². The predicted molar refractivity (Wildman–Crippen MR) is 102 cm³/mol. The van der Waals surface area contributed by atoms with Gasteiger partial charge in [-0.3, -0.25) is 4.98 Å². The molecule has 0 radical (unpaired) electrons. The molecule has 2 heterocycles. The molecule has 0 aliphatic carbocycles. The topological polar surface area (TPSA) is 60.2 Å². The normalized spacial score (nSPS) is 10.8. The number of rotatable bonds is 5. The van der Waals surface area contributed by atoms with Gasteiger partial charge < -0.3 is 14.6 Å². The first kappa shape index (κ1) is 16.1. The van der Waals surface area contributed by atoms with Crippen molar-refractivity contribution in [2.75, 3.05) is 5.32 Å². The van der Waals surface area contributed by atoms with Gasteiger partial charge >= 0.3 is 0 Å². The molecule has 0 fully saturated rings. The van der Waals surface area contributed by atoms with Gasteiger partial charge in [-0.1, -0.05) is 29.4 Å². The summed E-state index contributed by atoms with van der Waals surface area (Å²) in [6.07, 6.45) is 3.46. The molecule has 0 saturated heterocycles. The monoisotopic (exact) mass is 345 g/mol. The number of nitrogens with zero attached hydrogens (tertiary/aromatic N) is 2. The molecule has 4 aromatic rings. The van der Waals surface area contributed by atoms with E-state index in [1.54, 1.807) is 12.4 Å². The average Bonchev–Trinajstić information content (AvgIpc) is 3.06. The van der Waals surface area contributed by atoms with Gasteiger partial charge in [-0.15, -0.1) is 0 Å². The summed E-state index contributed by atoms with van der Waals surface area (Å²) in [5.41, 5.74) is 5.15. The number of ether oxygens (including phenoxy) is 1. The molecule has 0 spiro atoms. The Kier molecular flexibility index (Phi) is 4.27. The number of aryl methyl sites for hydroxylation is 2. The molecule has 2 aromatic carbocycles. The summed E-state index contributed by atoms with van der Waals surface area (Å²) < 4.78 is 11.6. The van der Waals surface area contributed by atoms with Crippen molar-refractivity contribution in [3.63, 3.8) is 0 Å². The second-order valence-electron chi connectivity index (χ2n) is 6.19. The lowest BCUT2D eigenvalue weighted by Crippen LogP contribution is -2.01. The molecule has 130 valence electrons. The van der Waals surface area contributed by atoms with Crippen LogP contribution in [0.1, 0.15) is 16.7 Å². The number of pyridine rings is 1. The first-order valence-electron chi connectivity index (χ1n) is 8.46. The molecule has 0 aliphatic heterocycles. The first-order valence-corrected chi connectivity index (χ1v) is 8.46. The molecule has 2 aromatic heterocycles. The minimum absolute atomic E-state index is 0.495. The van der Waals surface area contributed by atoms with Gasteiger partial charge in [0.05, 0.1) is 11.9 Å². The molecule has 26 heavy (non-hydrogen) atoms. The molecule has 5 nitrogen and oxygen atoms in total. The predicted octanol–water partition coefficient (Wildman–Crippen LogP) is 5.16. The second-order valence-corrected chi connectivity index (χ2v) is 6.19. The second kappa shape index (κ2) is 6.88. The Morgan fingerprint density at radius 1 is 1.00 bits per heavy atom. The summed E-state index contributed by atoms with van der Waals surface area (Å²) in [5.74, 6) is 1.35. The number of aromatic nitrogens is 2. The number of nitrogens with one attached hydrogen (secondary N) is 1. The fourth-order valence-electron chi connectivity index (χ4n) is 2.97. The van der Waals surface area contributed by atoms with Crippen LogP contribution >= 0.6 is 0 Å². The third-order valence-electron chi connectivity index (χ3n) is 4.40. The molecule has 5 heteroatoms. The van der Waals surface area contributed by atoms with Crippen LogP contribution in [0.4, 0.5) is 11.5 Å². The lowest BCUT2D eigenvalue weighted by molar-refractivity contribution is 0.308. The summed E-state index contributed by atoms with van der Waals surface area (Å²) in [5, 5.41) is 8.21. The van der Waals surface area contributed by atoms with E-state index < -0.39 is 0 Å². The Balaban J connectivity index is 1.66. The minimum atomic E-state index is 0.495. The number of benzene rings is 2. The summed E-state index contributed by atoms with van der Waals surface area (Å²) >= 11 is 0. The number of anilines is 2. The third kappa shape index (κ3) is 3.11. The van der Waals surface area contributed by atoms with Crippen molar-refractivity contribution in [3.8, 4) is 5.75 Å². The molecule has 0 saturated carbocycles. The van der Waals surface area contributed by atoms with Crippen LogP contribution in [0.3, 0.4) is 0 Å². The maximum absolute atomic E-state index is 6.15. The summed E-state index contributed by atoms with van der Waals surface area (Å²) in [6, 6.07) is 15.8. The van der Waals surface area contributed by atoms with Crippen LogP contribution in [0.25, 0.3) is 11.0 Å². The SMILES string of the molecule is Cc1cccc(C)c1COc1cccc2onc(Nc3cccnc3)c12. The van der Waals surface area contributed by atoms with Crippen LogP contribution in [-0.2, 0) is 6.61 Å². The molecule has 0 atom stereocenters. The van der Waals surface area contributed by atoms with Crippen LogP contribution in [0, 0.1) is 13.8 Å². The number of hydrogen-bond acceptors (Lipinski definition) is 5. The van der Waals surface area contributed by atoms with E-state index in [4.69, 9.17) is 9.26 Å². The van der Waals surface area contributed by atoms with Crippen LogP contribution in [0.15, 0.2) is 65.4 Å². The van der Waals surface area contributed by atoms with Gasteiger partial charge in [0.15, 0.2) is 11.4 Å². The quantitative estimate of drug-likeness (QED) is 0.541. The standard InChI is InChI=1S/C21H19N3O2/c1-14-6-3-7-15(2)17(14)13-25-18-9-4-10-19-20(18)21(24-26-19)23-16-8-5-11-22-12-16/h3-12H,13H2,1-2H3,(H,23,24). The van der Waals surface area contributed by atoms with Gasteiger partial charge in [0.2, 0.25) is 0 Å². The average molecular weight is 345 g/mol. The van der Waals surface area contributed by atoms with Gasteiger partial charge in [-0.05, 0) is 54.8 Å². The Morgan fingerprint density at radius 3 is 2.58 bits per heavy atom. The van der Waals surface area contributed by atoms with Gasteiger partial charge in [-0.2, -0.15) is 0 Å². The molecule has 0 amide bonds. The number of hydrogen-bond donors (Lipinski definition) is 1. The van der Waals surface area contributed by atoms with Crippen molar-refractivity contribution in [2.24, 2.45) is 0 Å². The smallest absolute Gasteiger partial charge is 0.185 e. The largest absolute Gasteiger partial charge is 0.488 e. The molecule has 0 unspecified atom stereocenters.